The van der Waals surface area contributed by atoms with Crippen LogP contribution in [0.4, 0.5) is 4.39 Å². The van der Waals surface area contributed by atoms with E-state index in [9.17, 15) is 12.6 Å². The molecule has 2 atom stereocenters. The maximum Gasteiger partial charge on any atom is 0.290 e. The lowest BCUT2D eigenvalue weighted by atomic mass is 10.2. The number of nitrogens with zero attached hydrogens (tertiary/aromatic N) is 1. The summed E-state index contributed by atoms with van der Waals surface area (Å²) < 4.78 is 58.7. The summed E-state index contributed by atoms with van der Waals surface area (Å²) in [7, 11) is -8.29. The first-order chi connectivity index (χ1) is 12.8. The van der Waals surface area contributed by atoms with Gasteiger partial charge in [-0.15, -0.1) is 0 Å². The Morgan fingerprint density at radius 2 is 1.22 bits per heavy atom. The number of benzene rings is 3. The molecule has 0 N–H and O–H groups in total. The molecule has 0 bridgehead atoms. The van der Waals surface area contributed by atoms with Gasteiger partial charge < -0.3 is 0 Å². The lowest BCUT2D eigenvalue weighted by Gasteiger charge is -2.16. The topological polar surface area (TPSA) is 63.6 Å². The van der Waals surface area contributed by atoms with Crippen LogP contribution < -0.4 is 0 Å². The summed E-state index contributed by atoms with van der Waals surface area (Å²) in [5.41, 5.74) is -2.04. The first-order valence-electron chi connectivity index (χ1n) is 7.85. The van der Waals surface area contributed by atoms with E-state index < -0.39 is 25.3 Å². The first kappa shape index (κ1) is 19.7. The summed E-state index contributed by atoms with van der Waals surface area (Å²) in [6.07, 6.45) is 0. The van der Waals surface area contributed by atoms with E-state index in [0.717, 1.165) is 4.47 Å². The highest BCUT2D eigenvalue weighted by Crippen LogP contribution is 2.34. The van der Waals surface area contributed by atoms with Crippen molar-refractivity contribution in [2.45, 2.75) is 15.3 Å². The van der Waals surface area contributed by atoms with Crippen LogP contribution in [0.15, 0.2) is 103 Å². The minimum Gasteiger partial charge on any atom is -0.240 e. The molecule has 0 saturated carbocycles. The zero-order valence-corrected chi connectivity index (χ0v) is 17.1. The lowest BCUT2D eigenvalue weighted by Crippen LogP contribution is -2.13. The van der Waals surface area contributed by atoms with Crippen molar-refractivity contribution in [2.75, 3.05) is 0 Å². The molecule has 27 heavy (non-hydrogen) atoms. The van der Waals surface area contributed by atoms with E-state index in [-0.39, 0.29) is 15.4 Å². The van der Waals surface area contributed by atoms with Crippen molar-refractivity contribution in [3.63, 3.8) is 0 Å². The van der Waals surface area contributed by atoms with Gasteiger partial charge in [0.1, 0.15) is 9.73 Å². The van der Waals surface area contributed by atoms with Crippen LogP contribution in [0.25, 0.3) is 0 Å². The fraction of sp³-hybridized carbons (Fsp3) is 0.0526. The summed E-state index contributed by atoms with van der Waals surface area (Å²) in [5.74, 6) is 0. The van der Waals surface area contributed by atoms with Crippen LogP contribution in [0.3, 0.4) is 0 Å². The van der Waals surface area contributed by atoms with Crippen molar-refractivity contribution in [3.8, 4) is 0 Å². The molecule has 0 aliphatic carbocycles. The molecule has 0 aliphatic rings. The molecule has 140 valence electrons. The van der Waals surface area contributed by atoms with Gasteiger partial charge in [0.05, 0.1) is 9.79 Å². The van der Waals surface area contributed by atoms with Gasteiger partial charge in [-0.25, -0.2) is 8.60 Å². The Hall–Kier alpha value is -2.03. The van der Waals surface area contributed by atoms with Gasteiger partial charge >= 0.3 is 0 Å². The summed E-state index contributed by atoms with van der Waals surface area (Å²) in [6.45, 7) is 0. The predicted molar refractivity (Wildman–Crippen MR) is 107 cm³/mol. The Balaban J connectivity index is 2.23. The third kappa shape index (κ3) is 4.28. The van der Waals surface area contributed by atoms with Gasteiger partial charge in [0.25, 0.3) is 10.0 Å². The Bertz CT molecular complexity index is 1140. The highest BCUT2D eigenvalue weighted by molar-refractivity contribution is 9.10. The number of halogens is 2. The molecule has 0 heterocycles. The van der Waals surface area contributed by atoms with Crippen LogP contribution in [-0.4, -0.2) is 12.6 Å². The van der Waals surface area contributed by atoms with E-state index in [0.29, 0.717) is 0 Å². The first-order valence-corrected chi connectivity index (χ1v) is 11.7. The molecule has 0 spiro atoms. The molecule has 3 rings (SSSR count). The van der Waals surface area contributed by atoms with Gasteiger partial charge in [0, 0.05) is 10.0 Å². The maximum absolute atomic E-state index is 15.4. The largest absolute Gasteiger partial charge is 0.290 e. The molecule has 2 unspecified atom stereocenters. The third-order valence-electron chi connectivity index (χ3n) is 3.74. The number of alkyl halides is 1. The second-order valence-electron chi connectivity index (χ2n) is 5.61. The minimum absolute atomic E-state index is 0.0138. The van der Waals surface area contributed by atoms with E-state index in [1.165, 1.54) is 48.5 Å². The van der Waals surface area contributed by atoms with Gasteiger partial charge in [-0.1, -0.05) is 68.2 Å². The van der Waals surface area contributed by atoms with E-state index in [1.807, 2.05) is 0 Å². The summed E-state index contributed by atoms with van der Waals surface area (Å²) >= 11 is 3.26. The van der Waals surface area contributed by atoms with E-state index >= 15 is 4.39 Å². The van der Waals surface area contributed by atoms with Crippen LogP contribution in [-0.2, 0) is 19.8 Å². The van der Waals surface area contributed by atoms with Gasteiger partial charge in [-0.2, -0.15) is 8.42 Å². The standard InChI is InChI=1S/C19H15BrFNO3S2/c20-16-13-11-15(12-14-16)19(21)26(23,17-7-3-1-4-8-17)22-27(24,25)18-9-5-2-6-10-18/h1-14,19H. The fourth-order valence-corrected chi connectivity index (χ4v) is 6.63. The Kier molecular flexibility index (Phi) is 5.78. The Morgan fingerprint density at radius 3 is 1.74 bits per heavy atom. The van der Waals surface area contributed by atoms with E-state index in [2.05, 4.69) is 19.7 Å². The number of rotatable bonds is 5. The molecule has 0 radical (unpaired) electrons. The van der Waals surface area contributed by atoms with Crippen molar-refractivity contribution in [3.05, 3.63) is 95.0 Å². The predicted octanol–water partition coefficient (Wildman–Crippen LogP) is 5.33. The molecule has 0 amide bonds. The average Bonchev–Trinajstić information content (AvgIpc) is 2.69. The second kappa shape index (κ2) is 7.92. The molecule has 8 heteroatoms. The van der Waals surface area contributed by atoms with E-state index in [1.54, 1.807) is 36.4 Å². The molecule has 0 aliphatic heterocycles. The lowest BCUT2D eigenvalue weighted by molar-refractivity contribution is 0.450. The normalized spacial score (nSPS) is 14.9. The van der Waals surface area contributed by atoms with Crippen LogP contribution in [0.1, 0.15) is 11.1 Å². The molecular formula is C19H15BrFNO3S2. The monoisotopic (exact) mass is 467 g/mol. The average molecular weight is 468 g/mol. The molecule has 0 saturated heterocycles. The second-order valence-corrected chi connectivity index (χ2v) is 10.6. The smallest absolute Gasteiger partial charge is 0.240 e. The molecule has 0 fully saturated rings. The van der Waals surface area contributed by atoms with Crippen LogP contribution >= 0.6 is 15.9 Å². The van der Waals surface area contributed by atoms with Crippen LogP contribution in [0.5, 0.6) is 0 Å². The molecule has 3 aromatic rings. The SMILES string of the molecule is O=S(=O)(N=S(=O)(c1ccccc1)C(F)c1ccc(Br)cc1)c1ccccc1. The summed E-state index contributed by atoms with van der Waals surface area (Å²) in [4.78, 5) is -0.128. The number of sulfonamides is 1. The fourth-order valence-electron chi connectivity index (χ4n) is 2.40. The molecule has 4 nitrogen and oxygen atoms in total. The molecular weight excluding hydrogens is 453 g/mol. The van der Waals surface area contributed by atoms with Gasteiger partial charge in [-0.05, 0) is 36.4 Å². The van der Waals surface area contributed by atoms with Gasteiger partial charge in [0.2, 0.25) is 5.50 Å². The van der Waals surface area contributed by atoms with Crippen molar-refractivity contribution < 1.29 is 17.0 Å². The summed E-state index contributed by atoms with van der Waals surface area (Å²) in [5, 5.41) is 0. The molecule has 0 aromatic heterocycles. The van der Waals surface area contributed by atoms with E-state index in [4.69, 9.17) is 0 Å². The maximum atomic E-state index is 15.4. The van der Waals surface area contributed by atoms with Crippen LogP contribution in [0.2, 0.25) is 0 Å². The zero-order chi connectivity index (χ0) is 19.5. The van der Waals surface area contributed by atoms with Crippen molar-refractivity contribution in [2.24, 2.45) is 3.77 Å². The van der Waals surface area contributed by atoms with Crippen molar-refractivity contribution in [1.29, 1.82) is 0 Å². The Labute approximate surface area is 166 Å². The number of hydrogen-bond donors (Lipinski definition) is 0. The molecule has 3 aromatic carbocycles. The number of hydrogen-bond acceptors (Lipinski definition) is 3. The van der Waals surface area contributed by atoms with Gasteiger partial charge in [-0.3, -0.25) is 0 Å². The highest BCUT2D eigenvalue weighted by Gasteiger charge is 2.30. The van der Waals surface area contributed by atoms with Gasteiger partial charge in [0.15, 0.2) is 0 Å². The minimum atomic E-state index is -4.33. The highest BCUT2D eigenvalue weighted by atomic mass is 79.9. The zero-order valence-electron chi connectivity index (χ0n) is 13.9. The quantitative estimate of drug-likeness (QED) is 0.508. The Morgan fingerprint density at radius 1 is 0.741 bits per heavy atom. The third-order valence-corrected chi connectivity index (χ3v) is 8.59. The van der Waals surface area contributed by atoms with Crippen LogP contribution in [0, 0.1) is 0 Å². The van der Waals surface area contributed by atoms with Crippen molar-refractivity contribution in [1.82, 2.24) is 0 Å². The summed E-state index contributed by atoms with van der Waals surface area (Å²) in [6, 6.07) is 21.1. The van der Waals surface area contributed by atoms with Crippen molar-refractivity contribution >= 4 is 35.7 Å².